The lowest BCUT2D eigenvalue weighted by Gasteiger charge is -2.35. The lowest BCUT2D eigenvalue weighted by atomic mass is 9.94. The van der Waals surface area contributed by atoms with Gasteiger partial charge in [0.1, 0.15) is 0 Å². The normalized spacial score (nSPS) is 24.3. The van der Waals surface area contributed by atoms with E-state index in [4.69, 9.17) is 15.9 Å². The van der Waals surface area contributed by atoms with Crippen LogP contribution in [-0.4, -0.2) is 37.0 Å². The Bertz CT molecular complexity index is 480. The van der Waals surface area contributed by atoms with Gasteiger partial charge in [-0.05, 0) is 43.5 Å². The molecule has 1 fully saturated rings. The van der Waals surface area contributed by atoms with Crippen LogP contribution in [0.2, 0.25) is 0 Å². The number of benzene rings is 1. The molecule has 1 unspecified atom stereocenters. The summed E-state index contributed by atoms with van der Waals surface area (Å²) in [5.74, 6) is 0.634. The fourth-order valence-electron chi connectivity index (χ4n) is 3.29. The molecule has 0 aromatic heterocycles. The zero-order chi connectivity index (χ0) is 13.9. The van der Waals surface area contributed by atoms with Crippen LogP contribution in [-0.2, 0) is 11.2 Å². The largest absolute Gasteiger partial charge is 0.387 e. The highest BCUT2D eigenvalue weighted by Gasteiger charge is 2.26. The van der Waals surface area contributed by atoms with Gasteiger partial charge in [-0.15, -0.1) is 0 Å². The van der Waals surface area contributed by atoms with Gasteiger partial charge in [-0.3, -0.25) is 5.41 Å². The molecule has 0 spiro atoms. The number of hydrogen-bond acceptors (Lipinski definition) is 3. The molecule has 0 saturated carbocycles. The molecule has 0 aliphatic carbocycles. The average molecular weight is 273 g/mol. The lowest BCUT2D eigenvalue weighted by molar-refractivity contribution is 0.0106. The van der Waals surface area contributed by atoms with Gasteiger partial charge >= 0.3 is 0 Å². The van der Waals surface area contributed by atoms with Crippen LogP contribution in [0.5, 0.6) is 0 Å². The first-order valence-electron chi connectivity index (χ1n) is 7.49. The summed E-state index contributed by atoms with van der Waals surface area (Å²) in [7, 11) is 0. The molecular formula is C16H23N3O. The van der Waals surface area contributed by atoms with Gasteiger partial charge in [0.15, 0.2) is 0 Å². The van der Waals surface area contributed by atoms with Crippen LogP contribution in [0.15, 0.2) is 24.3 Å². The highest BCUT2D eigenvalue weighted by molar-refractivity contribution is 5.79. The molecule has 20 heavy (non-hydrogen) atoms. The highest BCUT2D eigenvalue weighted by Crippen LogP contribution is 2.29. The topological polar surface area (TPSA) is 62.3 Å². The van der Waals surface area contributed by atoms with Gasteiger partial charge in [0, 0.05) is 12.5 Å². The van der Waals surface area contributed by atoms with Gasteiger partial charge in [-0.25, -0.2) is 0 Å². The Kier molecular flexibility index (Phi) is 4.03. The first-order chi connectivity index (χ1) is 9.74. The number of nitrogens with zero attached hydrogens (tertiary/aromatic N) is 1. The van der Waals surface area contributed by atoms with E-state index >= 15 is 0 Å². The zero-order valence-electron chi connectivity index (χ0n) is 11.8. The van der Waals surface area contributed by atoms with Crippen molar-refractivity contribution in [3.05, 3.63) is 35.4 Å². The molecule has 1 aromatic carbocycles. The number of likely N-dealkylation sites (tertiary alicyclic amines) is 1. The van der Waals surface area contributed by atoms with Crippen molar-refractivity contribution in [3.63, 3.8) is 0 Å². The van der Waals surface area contributed by atoms with Gasteiger partial charge < -0.3 is 15.4 Å². The molecule has 1 saturated heterocycles. The van der Waals surface area contributed by atoms with Crippen molar-refractivity contribution in [1.29, 1.82) is 5.41 Å². The number of rotatable bonds is 3. The van der Waals surface area contributed by atoms with E-state index in [-0.39, 0.29) is 12.0 Å². The molecule has 1 atom stereocenters. The number of nitrogens with two attached hydrogens (primary N) is 1. The summed E-state index contributed by atoms with van der Waals surface area (Å²) in [5.41, 5.74) is 8.39. The van der Waals surface area contributed by atoms with Crippen LogP contribution in [0.3, 0.4) is 0 Å². The molecule has 1 aromatic rings. The van der Waals surface area contributed by atoms with Crippen molar-refractivity contribution >= 4 is 5.84 Å². The van der Waals surface area contributed by atoms with E-state index in [9.17, 15) is 0 Å². The highest BCUT2D eigenvalue weighted by atomic mass is 16.5. The van der Waals surface area contributed by atoms with Gasteiger partial charge in [0.25, 0.3) is 0 Å². The Balaban J connectivity index is 1.61. The van der Waals surface area contributed by atoms with E-state index in [0.717, 1.165) is 45.5 Å². The maximum Gasteiger partial charge on any atom is 0.0954 e. The summed E-state index contributed by atoms with van der Waals surface area (Å²) in [5, 5.41) is 7.54. The maximum absolute atomic E-state index is 7.54. The van der Waals surface area contributed by atoms with Crippen LogP contribution in [0.1, 0.15) is 30.1 Å². The molecule has 2 aliphatic rings. The Morgan fingerprint density at radius 1 is 1.30 bits per heavy atom. The van der Waals surface area contributed by atoms with Crippen LogP contribution in [0.25, 0.3) is 0 Å². The van der Waals surface area contributed by atoms with Gasteiger partial charge in [0.2, 0.25) is 0 Å². The number of fused-ring (bicyclic) bond motifs is 1. The van der Waals surface area contributed by atoms with Crippen molar-refractivity contribution in [1.82, 2.24) is 4.90 Å². The van der Waals surface area contributed by atoms with Crippen molar-refractivity contribution in [2.75, 3.05) is 26.2 Å². The number of ether oxygens (including phenoxy) is 1. The molecule has 3 N–H and O–H groups in total. The van der Waals surface area contributed by atoms with Gasteiger partial charge in [-0.1, -0.05) is 24.3 Å². The second-order valence-electron chi connectivity index (χ2n) is 5.84. The zero-order valence-corrected chi connectivity index (χ0v) is 11.8. The van der Waals surface area contributed by atoms with E-state index in [1.165, 1.54) is 11.1 Å². The summed E-state index contributed by atoms with van der Waals surface area (Å²) in [6.07, 6.45) is 3.24. The van der Waals surface area contributed by atoms with Crippen LogP contribution < -0.4 is 5.73 Å². The molecule has 108 valence electrons. The standard InChI is InChI=1S/C16H23N3O/c17-16(18)13-5-8-19(9-6-13)11-15-14-4-2-1-3-12(14)7-10-20-15/h1-4,13,15H,5-11H2,(H3,17,18). The van der Waals surface area contributed by atoms with Crippen LogP contribution in [0.4, 0.5) is 0 Å². The van der Waals surface area contributed by atoms with E-state index in [1.54, 1.807) is 0 Å². The molecule has 0 bridgehead atoms. The Labute approximate surface area is 120 Å². The molecular weight excluding hydrogens is 250 g/mol. The fourth-order valence-corrected chi connectivity index (χ4v) is 3.29. The third kappa shape index (κ3) is 2.86. The minimum atomic E-state index is 0.203. The number of nitrogens with one attached hydrogen (secondary N) is 1. The van der Waals surface area contributed by atoms with Crippen molar-refractivity contribution < 1.29 is 4.74 Å². The first kappa shape index (κ1) is 13.6. The van der Waals surface area contributed by atoms with Crippen LogP contribution >= 0.6 is 0 Å². The van der Waals surface area contributed by atoms with E-state index in [2.05, 4.69) is 29.2 Å². The van der Waals surface area contributed by atoms with Gasteiger partial charge in [0.05, 0.1) is 18.5 Å². The summed E-state index contributed by atoms with van der Waals surface area (Å²) in [6.45, 7) is 3.83. The van der Waals surface area contributed by atoms with E-state index < -0.39 is 0 Å². The average Bonchev–Trinajstić information content (AvgIpc) is 2.48. The second-order valence-corrected chi connectivity index (χ2v) is 5.84. The minimum Gasteiger partial charge on any atom is -0.387 e. The third-order valence-corrected chi connectivity index (χ3v) is 4.54. The quantitative estimate of drug-likeness (QED) is 0.653. The molecule has 3 rings (SSSR count). The summed E-state index contributed by atoms with van der Waals surface area (Å²) >= 11 is 0. The smallest absolute Gasteiger partial charge is 0.0954 e. The molecule has 4 nitrogen and oxygen atoms in total. The van der Waals surface area contributed by atoms with Crippen molar-refractivity contribution in [3.8, 4) is 0 Å². The number of piperidine rings is 1. The van der Waals surface area contributed by atoms with Gasteiger partial charge in [-0.2, -0.15) is 0 Å². The Hall–Kier alpha value is -1.39. The molecule has 0 radical (unpaired) electrons. The first-order valence-corrected chi connectivity index (χ1v) is 7.49. The second kappa shape index (κ2) is 5.94. The maximum atomic E-state index is 7.54. The van der Waals surface area contributed by atoms with E-state index in [0.29, 0.717) is 5.84 Å². The lowest BCUT2D eigenvalue weighted by Crippen LogP contribution is -2.41. The van der Waals surface area contributed by atoms with Crippen molar-refractivity contribution in [2.45, 2.75) is 25.4 Å². The molecule has 2 aliphatic heterocycles. The molecule has 4 heteroatoms. The van der Waals surface area contributed by atoms with Crippen molar-refractivity contribution in [2.24, 2.45) is 11.7 Å². The molecule has 2 heterocycles. The number of hydrogen-bond donors (Lipinski definition) is 2. The summed E-state index contributed by atoms with van der Waals surface area (Å²) in [6, 6.07) is 8.62. The van der Waals surface area contributed by atoms with Crippen LogP contribution in [0, 0.1) is 11.3 Å². The third-order valence-electron chi connectivity index (χ3n) is 4.54. The fraction of sp³-hybridized carbons (Fsp3) is 0.562. The van der Waals surface area contributed by atoms with E-state index in [1.807, 2.05) is 0 Å². The SMILES string of the molecule is N=C(N)C1CCN(CC2OCCc3ccccc32)CC1. The Morgan fingerprint density at radius 2 is 2.05 bits per heavy atom. The Morgan fingerprint density at radius 3 is 2.80 bits per heavy atom. The summed E-state index contributed by atoms with van der Waals surface area (Å²) < 4.78 is 5.97. The monoisotopic (exact) mass is 273 g/mol. The predicted octanol–water partition coefficient (Wildman–Crippen LogP) is 1.95. The minimum absolute atomic E-state index is 0.203. The number of amidine groups is 1. The summed E-state index contributed by atoms with van der Waals surface area (Å²) in [4.78, 5) is 2.45. The molecule has 0 amide bonds. The predicted molar refractivity (Wildman–Crippen MR) is 79.9 cm³/mol.